The summed E-state index contributed by atoms with van der Waals surface area (Å²) in [6.07, 6.45) is 8.69. The number of rotatable bonds is 1. The molecule has 0 radical (unpaired) electrons. The number of hydrogen-bond donors (Lipinski definition) is 4. The van der Waals surface area contributed by atoms with Gasteiger partial charge in [0.1, 0.15) is 23.5 Å². The van der Waals surface area contributed by atoms with E-state index in [0.29, 0.717) is 71.6 Å². The van der Waals surface area contributed by atoms with Crippen LogP contribution in [-0.4, -0.2) is 85.0 Å². The van der Waals surface area contributed by atoms with Gasteiger partial charge in [-0.3, -0.25) is 14.4 Å². The van der Waals surface area contributed by atoms with Gasteiger partial charge in [0.2, 0.25) is 35.5 Å². The minimum Gasteiger partial charge on any atom is -0.477 e. The molecule has 20 nitrogen and oxygen atoms in total. The number of ether oxygens (including phenoxy) is 1. The van der Waals surface area contributed by atoms with E-state index in [0.717, 1.165) is 48.0 Å². The van der Waals surface area contributed by atoms with Crippen molar-refractivity contribution in [2.24, 2.45) is 4.99 Å². The summed E-state index contributed by atoms with van der Waals surface area (Å²) in [5, 5.41) is 0. The van der Waals surface area contributed by atoms with Crippen LogP contribution in [0.4, 0.5) is 29.6 Å². The van der Waals surface area contributed by atoms with Crippen LogP contribution in [-0.2, 0) is 52.8 Å². The lowest BCUT2D eigenvalue weighted by Crippen LogP contribution is -2.26. The minimum atomic E-state index is -0.252. The number of aromatic nitrogens is 11. The smallest absolute Gasteiger partial charge is 0.229 e. The summed E-state index contributed by atoms with van der Waals surface area (Å²) in [6, 6.07) is 0. The van der Waals surface area contributed by atoms with Crippen molar-refractivity contribution in [2.45, 2.75) is 183 Å². The van der Waals surface area contributed by atoms with Crippen molar-refractivity contribution in [3.8, 4) is 5.88 Å². The summed E-state index contributed by atoms with van der Waals surface area (Å²) in [4.78, 5) is 84.8. The monoisotopic (exact) mass is 987 g/mol. The maximum atomic E-state index is 11.9. The second-order valence-corrected chi connectivity index (χ2v) is 23.1. The minimum absolute atomic E-state index is 0.0207. The van der Waals surface area contributed by atoms with E-state index in [4.69, 9.17) is 27.7 Å². The highest BCUT2D eigenvalue weighted by Crippen LogP contribution is 2.35. The number of carbonyl (C=O) groups is 3. The molecule has 5 aromatic rings. The van der Waals surface area contributed by atoms with Crippen LogP contribution in [0.25, 0.3) is 0 Å². The largest absolute Gasteiger partial charge is 0.477 e. The maximum Gasteiger partial charge on any atom is 0.229 e. The molecule has 2 aliphatic heterocycles. The van der Waals surface area contributed by atoms with Crippen molar-refractivity contribution < 1.29 is 19.1 Å². The number of aliphatic imine (C=N–C) groups is 1. The van der Waals surface area contributed by atoms with Crippen LogP contribution in [0.1, 0.15) is 212 Å². The van der Waals surface area contributed by atoms with E-state index in [1.807, 2.05) is 69.2 Å². The molecule has 72 heavy (non-hydrogen) atoms. The highest BCUT2D eigenvalue weighted by atomic mass is 16.5. The van der Waals surface area contributed by atoms with Crippen molar-refractivity contribution in [3.05, 3.63) is 74.4 Å². The number of nitrogens with zero attached hydrogens (tertiary/aromatic N) is 12. The van der Waals surface area contributed by atoms with E-state index in [1.54, 1.807) is 6.33 Å². The molecular weight excluding hydrogens is 913 g/mol. The fourth-order valence-corrected chi connectivity index (χ4v) is 8.07. The SMILES string of the molecule is CC(C)(C)c1nc(N)nc2c1C(=O)C=N2.CC(C)(C)c1nc(N)nc2c1C(=O)CC2.CC(C)(C)c1nc(N)nc2c1C(=O)CCO2.CC(C)(C)c1nc(N)nc2c1CCC2.CCc1ncnc(C(C)(C)C)n1. The molecule has 9 rings (SSSR count). The first-order valence-electron chi connectivity index (χ1n) is 24.3. The molecule has 386 valence electrons. The zero-order valence-electron chi connectivity index (χ0n) is 45.1. The molecular formula is C52H74N16O4. The quantitative estimate of drug-likeness (QED) is 0.125. The fraction of sp³-hybridized carbons (Fsp3) is 0.558. The average molecular weight is 987 g/mol. The molecule has 0 saturated heterocycles. The Hall–Kier alpha value is -6.99. The Morgan fingerprint density at radius 2 is 1.00 bits per heavy atom. The second-order valence-electron chi connectivity index (χ2n) is 23.1. The molecule has 5 aromatic heterocycles. The number of hydrogen-bond acceptors (Lipinski definition) is 20. The van der Waals surface area contributed by atoms with Gasteiger partial charge in [-0.2, -0.15) is 9.97 Å². The van der Waals surface area contributed by atoms with Crippen molar-refractivity contribution in [1.82, 2.24) is 54.8 Å². The molecule has 7 heterocycles. The number of nitrogens with two attached hydrogens (primary N) is 4. The molecule has 0 atom stereocenters. The van der Waals surface area contributed by atoms with Crippen molar-refractivity contribution >= 4 is 53.2 Å². The third kappa shape index (κ3) is 13.7. The molecule has 20 heteroatoms. The Bertz CT molecular complexity index is 2860. The Morgan fingerprint density at radius 1 is 0.500 bits per heavy atom. The molecule has 0 unspecified atom stereocenters. The van der Waals surface area contributed by atoms with E-state index in [-0.39, 0.29) is 62.3 Å². The van der Waals surface area contributed by atoms with Gasteiger partial charge in [0, 0.05) is 52.0 Å². The van der Waals surface area contributed by atoms with Crippen molar-refractivity contribution in [2.75, 3.05) is 29.5 Å². The zero-order valence-corrected chi connectivity index (χ0v) is 45.1. The Balaban J connectivity index is 0.000000168. The zero-order chi connectivity index (χ0) is 53.9. The fourth-order valence-electron chi connectivity index (χ4n) is 8.07. The molecule has 8 N–H and O–H groups in total. The predicted molar refractivity (Wildman–Crippen MR) is 280 cm³/mol. The number of ketones is 3. The van der Waals surface area contributed by atoms with Gasteiger partial charge in [0.25, 0.3) is 0 Å². The average Bonchev–Trinajstić information content (AvgIpc) is 4.00. The number of anilines is 4. The van der Waals surface area contributed by atoms with Crippen LogP contribution in [0.3, 0.4) is 0 Å². The first kappa shape index (κ1) is 55.9. The van der Waals surface area contributed by atoms with Crippen LogP contribution >= 0.6 is 0 Å². The third-order valence-electron chi connectivity index (χ3n) is 11.5. The highest BCUT2D eigenvalue weighted by Gasteiger charge is 2.34. The lowest BCUT2D eigenvalue weighted by Gasteiger charge is -2.24. The summed E-state index contributed by atoms with van der Waals surface area (Å²) in [7, 11) is 0. The first-order chi connectivity index (χ1) is 33.2. The van der Waals surface area contributed by atoms with Gasteiger partial charge < -0.3 is 27.7 Å². The summed E-state index contributed by atoms with van der Waals surface area (Å²) in [6.45, 7) is 33.2. The molecule has 2 aliphatic carbocycles. The van der Waals surface area contributed by atoms with Gasteiger partial charge in [-0.15, -0.1) is 0 Å². The second kappa shape index (κ2) is 21.4. The van der Waals surface area contributed by atoms with Crippen molar-refractivity contribution in [3.63, 3.8) is 0 Å². The van der Waals surface area contributed by atoms with E-state index in [2.05, 4.69) is 101 Å². The predicted octanol–water partition coefficient (Wildman–Crippen LogP) is 7.64. The van der Waals surface area contributed by atoms with E-state index in [1.165, 1.54) is 23.9 Å². The summed E-state index contributed by atoms with van der Waals surface area (Å²) in [5.41, 5.74) is 30.2. The number of nitrogen functional groups attached to an aromatic ring is 4. The van der Waals surface area contributed by atoms with Gasteiger partial charge in [-0.25, -0.2) is 49.8 Å². The third-order valence-corrected chi connectivity index (χ3v) is 11.5. The van der Waals surface area contributed by atoms with Crippen LogP contribution in [0.15, 0.2) is 11.3 Å². The van der Waals surface area contributed by atoms with E-state index in [9.17, 15) is 14.4 Å². The van der Waals surface area contributed by atoms with Gasteiger partial charge in [0.05, 0.1) is 52.4 Å². The lowest BCUT2D eigenvalue weighted by atomic mass is 9.86. The number of aryl methyl sites for hydroxylation is 3. The molecule has 0 amide bonds. The Labute approximate surface area is 423 Å². The van der Waals surface area contributed by atoms with E-state index < -0.39 is 0 Å². The molecule has 4 aliphatic rings. The summed E-state index contributed by atoms with van der Waals surface area (Å²) < 4.78 is 5.36. The molecule has 0 aromatic carbocycles. The van der Waals surface area contributed by atoms with Gasteiger partial charge in [-0.05, 0) is 31.2 Å². The van der Waals surface area contributed by atoms with Crippen LogP contribution in [0.5, 0.6) is 5.88 Å². The standard InChI is InChI=1S/C11H15N3O2.C11H15N3O.C11H17N3.C10H12N4O.C9H15N3/c1-11(2,3)8-7-6(15)4-5-16-9(7)14-10(12)13-8;1-11(2,3)9-8-6(4-5-7(8)15)13-10(12)14-9;1-11(2,3)9-7-5-4-6-8(7)13-10(12)14-9;1-10(2,3)7-6-5(15)4-12-8(6)14-9(11)13-7;1-5-7-10-6-11-8(12-7)9(2,3)4/h4-5H2,1-3H3,(H2,12,13,14);4-5H2,1-3H3,(H2,12,13,14);4-6H2,1-3H3,(H2,12,13,14);4H,1-3H3,(H2,11,13,14);6H,5H2,1-4H3. The number of Topliss-reactive ketones (excluding diaryl/α,β-unsaturated/α-hetero) is 3. The number of fused-ring (bicyclic) bond motifs is 4. The van der Waals surface area contributed by atoms with Crippen LogP contribution in [0, 0.1) is 0 Å². The van der Waals surface area contributed by atoms with Gasteiger partial charge in [0.15, 0.2) is 17.4 Å². The van der Waals surface area contributed by atoms with Crippen LogP contribution in [0.2, 0.25) is 0 Å². The van der Waals surface area contributed by atoms with E-state index >= 15 is 0 Å². The van der Waals surface area contributed by atoms with Crippen LogP contribution < -0.4 is 27.7 Å². The van der Waals surface area contributed by atoms with Gasteiger partial charge >= 0.3 is 0 Å². The molecule has 0 fully saturated rings. The lowest BCUT2D eigenvalue weighted by molar-refractivity contribution is 0.0924. The summed E-state index contributed by atoms with van der Waals surface area (Å²) >= 11 is 0. The Kier molecular flexibility index (Phi) is 16.6. The molecule has 0 spiro atoms. The maximum absolute atomic E-state index is 11.9. The Morgan fingerprint density at radius 3 is 1.56 bits per heavy atom. The van der Waals surface area contributed by atoms with Crippen molar-refractivity contribution in [1.29, 1.82) is 0 Å². The topological polar surface area (TPSA) is 319 Å². The molecule has 0 bridgehead atoms. The molecule has 0 saturated carbocycles. The summed E-state index contributed by atoms with van der Waals surface area (Å²) in [5.74, 6) is 3.50. The highest BCUT2D eigenvalue weighted by molar-refractivity contribution is 6.40. The normalized spacial score (nSPS) is 14.7. The first-order valence-corrected chi connectivity index (χ1v) is 24.3. The number of carbonyl (C=O) groups excluding carboxylic acids is 3. The van der Waals surface area contributed by atoms with Gasteiger partial charge in [-0.1, -0.05) is 111 Å².